The van der Waals surface area contributed by atoms with E-state index in [0.717, 1.165) is 29.5 Å². The molecule has 1 aliphatic rings. The summed E-state index contributed by atoms with van der Waals surface area (Å²) in [5.41, 5.74) is 7.18. The first-order chi connectivity index (χ1) is 15.1. The molecule has 0 fully saturated rings. The molecule has 4 aromatic rings. The number of aromatic nitrogens is 1. The number of thiocarbonyl (C=S) groups is 1. The Morgan fingerprint density at radius 3 is 2.52 bits per heavy atom. The van der Waals surface area contributed by atoms with Crippen molar-refractivity contribution in [3.05, 3.63) is 95.2 Å². The van der Waals surface area contributed by atoms with Gasteiger partial charge in [-0.3, -0.25) is 0 Å². The zero-order valence-corrected chi connectivity index (χ0v) is 18.5. The largest absolute Gasteiger partial charge is 0.497 e. The van der Waals surface area contributed by atoms with Crippen LogP contribution in [-0.2, 0) is 6.42 Å². The number of H-pyrrole nitrogens is 1. The summed E-state index contributed by atoms with van der Waals surface area (Å²) in [7, 11) is 1.69. The number of ether oxygens (including phenoxy) is 1. The first-order valence-electron chi connectivity index (χ1n) is 10.5. The third-order valence-electron chi connectivity index (χ3n) is 6.03. The van der Waals surface area contributed by atoms with E-state index in [2.05, 4.69) is 82.8 Å². The summed E-state index contributed by atoms with van der Waals surface area (Å²) in [5.74, 6) is 0.850. The quantitative estimate of drug-likeness (QED) is 0.404. The van der Waals surface area contributed by atoms with E-state index in [1.165, 1.54) is 33.3 Å². The number of fused-ring (bicyclic) bond motifs is 3. The molecule has 0 radical (unpaired) electrons. The fourth-order valence-corrected chi connectivity index (χ4v) is 4.74. The molecule has 1 unspecified atom stereocenters. The van der Waals surface area contributed by atoms with Crippen molar-refractivity contribution in [2.45, 2.75) is 19.4 Å². The van der Waals surface area contributed by atoms with Gasteiger partial charge in [-0.1, -0.05) is 48.0 Å². The van der Waals surface area contributed by atoms with Crippen LogP contribution in [0.4, 0.5) is 5.69 Å². The van der Waals surface area contributed by atoms with E-state index in [1.54, 1.807) is 7.11 Å². The summed E-state index contributed by atoms with van der Waals surface area (Å²) in [6.45, 7) is 2.94. The van der Waals surface area contributed by atoms with Crippen LogP contribution < -0.4 is 10.1 Å². The minimum absolute atomic E-state index is 0.00695. The van der Waals surface area contributed by atoms with Crippen LogP contribution in [0.1, 0.15) is 28.4 Å². The minimum Gasteiger partial charge on any atom is -0.497 e. The molecule has 0 amide bonds. The predicted molar refractivity (Wildman–Crippen MR) is 131 cm³/mol. The molecule has 3 aromatic carbocycles. The fraction of sp³-hybridized carbons (Fsp3) is 0.192. The Hall–Kier alpha value is -3.31. The zero-order valence-electron chi connectivity index (χ0n) is 17.7. The van der Waals surface area contributed by atoms with Crippen molar-refractivity contribution in [3.63, 3.8) is 0 Å². The summed E-state index contributed by atoms with van der Waals surface area (Å²) < 4.78 is 5.38. The van der Waals surface area contributed by atoms with Gasteiger partial charge >= 0.3 is 0 Å². The van der Waals surface area contributed by atoms with E-state index in [9.17, 15) is 0 Å². The molecule has 0 spiro atoms. The summed E-state index contributed by atoms with van der Waals surface area (Å²) in [5, 5.41) is 5.47. The maximum absolute atomic E-state index is 5.90. The van der Waals surface area contributed by atoms with Crippen LogP contribution in [0, 0.1) is 6.92 Å². The Morgan fingerprint density at radius 1 is 1.03 bits per heavy atom. The fourth-order valence-electron chi connectivity index (χ4n) is 4.42. The lowest BCUT2D eigenvalue weighted by Crippen LogP contribution is -2.42. The second-order valence-corrected chi connectivity index (χ2v) is 8.36. The van der Waals surface area contributed by atoms with Gasteiger partial charge in [-0.05, 0) is 67.0 Å². The average molecular weight is 428 g/mol. The molecule has 2 heterocycles. The Morgan fingerprint density at radius 2 is 1.77 bits per heavy atom. The molecule has 0 bridgehead atoms. The number of nitrogens with zero attached hydrogens (tertiary/aromatic N) is 1. The molecular formula is C26H25N3OS. The number of para-hydroxylation sites is 1. The van der Waals surface area contributed by atoms with Gasteiger partial charge in [-0.25, -0.2) is 0 Å². The number of anilines is 1. The van der Waals surface area contributed by atoms with Gasteiger partial charge in [-0.15, -0.1) is 0 Å². The topological polar surface area (TPSA) is 40.3 Å². The number of aryl methyl sites for hydroxylation is 1. The van der Waals surface area contributed by atoms with Crippen LogP contribution in [0.15, 0.2) is 72.8 Å². The molecule has 31 heavy (non-hydrogen) atoms. The summed E-state index contributed by atoms with van der Waals surface area (Å²) in [4.78, 5) is 5.98. The normalized spacial score (nSPS) is 15.5. The Bertz CT molecular complexity index is 1230. The van der Waals surface area contributed by atoms with E-state index in [-0.39, 0.29) is 6.04 Å². The second kappa shape index (κ2) is 8.08. The lowest BCUT2D eigenvalue weighted by molar-refractivity contribution is 0.339. The molecule has 0 saturated carbocycles. The van der Waals surface area contributed by atoms with Crippen molar-refractivity contribution in [1.82, 2.24) is 9.88 Å². The first kappa shape index (κ1) is 19.6. The van der Waals surface area contributed by atoms with Gasteiger partial charge < -0.3 is 19.9 Å². The van der Waals surface area contributed by atoms with Crippen molar-refractivity contribution >= 4 is 33.9 Å². The molecule has 5 heteroatoms. The molecule has 1 aliphatic heterocycles. The average Bonchev–Trinajstić information content (AvgIpc) is 3.19. The van der Waals surface area contributed by atoms with Gasteiger partial charge in [0.05, 0.1) is 13.2 Å². The number of aromatic amines is 1. The lowest BCUT2D eigenvalue weighted by Gasteiger charge is -2.38. The zero-order chi connectivity index (χ0) is 21.4. The third kappa shape index (κ3) is 3.66. The van der Waals surface area contributed by atoms with E-state index in [0.29, 0.717) is 0 Å². The Kier molecular flexibility index (Phi) is 5.12. The Labute approximate surface area is 187 Å². The van der Waals surface area contributed by atoms with Crippen LogP contribution in [-0.4, -0.2) is 28.7 Å². The van der Waals surface area contributed by atoms with Crippen LogP contribution >= 0.6 is 12.2 Å². The van der Waals surface area contributed by atoms with Gasteiger partial charge in [0.2, 0.25) is 0 Å². The highest BCUT2D eigenvalue weighted by atomic mass is 32.1. The van der Waals surface area contributed by atoms with Crippen molar-refractivity contribution in [2.24, 2.45) is 0 Å². The van der Waals surface area contributed by atoms with Gasteiger partial charge in [0.25, 0.3) is 0 Å². The maximum atomic E-state index is 5.90. The smallest absolute Gasteiger partial charge is 0.174 e. The van der Waals surface area contributed by atoms with Crippen molar-refractivity contribution in [1.29, 1.82) is 0 Å². The molecule has 156 valence electrons. The number of nitrogens with one attached hydrogen (secondary N) is 2. The highest BCUT2D eigenvalue weighted by Gasteiger charge is 2.33. The van der Waals surface area contributed by atoms with E-state index >= 15 is 0 Å². The van der Waals surface area contributed by atoms with Crippen molar-refractivity contribution < 1.29 is 4.74 Å². The molecule has 0 saturated heterocycles. The number of methoxy groups -OCH3 is 1. The lowest BCUT2D eigenvalue weighted by atomic mass is 9.92. The number of benzene rings is 3. The number of rotatable bonds is 3. The molecule has 2 N–H and O–H groups in total. The van der Waals surface area contributed by atoms with Gasteiger partial charge in [0.1, 0.15) is 5.75 Å². The van der Waals surface area contributed by atoms with E-state index < -0.39 is 0 Å². The molecule has 1 aromatic heterocycles. The monoisotopic (exact) mass is 427 g/mol. The summed E-state index contributed by atoms with van der Waals surface area (Å²) in [6.07, 6.45) is 0.946. The summed E-state index contributed by atoms with van der Waals surface area (Å²) in [6, 6.07) is 25.2. The van der Waals surface area contributed by atoms with Crippen LogP contribution in [0.25, 0.3) is 10.9 Å². The van der Waals surface area contributed by atoms with Gasteiger partial charge in [-0.2, -0.15) is 0 Å². The number of hydrogen-bond donors (Lipinski definition) is 2. The standard InChI is InChI=1S/C26H25N3OS/c1-17-7-11-19(12-8-17)27-26(31)29-16-15-22-21-5-3-4-6-23(21)28-24(22)25(29)18-9-13-20(30-2)14-10-18/h3-14,25,28H,15-16H2,1-2H3,(H,27,31). The summed E-state index contributed by atoms with van der Waals surface area (Å²) >= 11 is 5.90. The van der Waals surface area contributed by atoms with Crippen molar-refractivity contribution in [2.75, 3.05) is 19.0 Å². The second-order valence-electron chi connectivity index (χ2n) is 7.98. The molecule has 1 atom stereocenters. The van der Waals surface area contributed by atoms with Gasteiger partial charge in [0.15, 0.2) is 5.11 Å². The van der Waals surface area contributed by atoms with Crippen LogP contribution in [0.3, 0.4) is 0 Å². The SMILES string of the molecule is COc1ccc(C2c3[nH]c4ccccc4c3CCN2C(=S)Nc2ccc(C)cc2)cc1. The molecular weight excluding hydrogens is 402 g/mol. The van der Waals surface area contributed by atoms with E-state index in [1.807, 2.05) is 12.1 Å². The van der Waals surface area contributed by atoms with Crippen LogP contribution in [0.5, 0.6) is 5.75 Å². The number of hydrogen-bond acceptors (Lipinski definition) is 2. The highest BCUT2D eigenvalue weighted by molar-refractivity contribution is 7.80. The minimum atomic E-state index is 0.00695. The maximum Gasteiger partial charge on any atom is 0.174 e. The first-order valence-corrected chi connectivity index (χ1v) is 10.9. The van der Waals surface area contributed by atoms with E-state index in [4.69, 9.17) is 17.0 Å². The van der Waals surface area contributed by atoms with Crippen molar-refractivity contribution in [3.8, 4) is 5.75 Å². The van der Waals surface area contributed by atoms with Gasteiger partial charge in [0, 0.05) is 28.8 Å². The van der Waals surface area contributed by atoms with Crippen LogP contribution in [0.2, 0.25) is 0 Å². The molecule has 0 aliphatic carbocycles. The molecule has 5 rings (SSSR count). The highest BCUT2D eigenvalue weighted by Crippen LogP contribution is 2.39. The third-order valence-corrected chi connectivity index (χ3v) is 6.37. The Balaban J connectivity index is 1.56. The predicted octanol–water partition coefficient (Wildman–Crippen LogP) is 5.83. The molecule has 4 nitrogen and oxygen atoms in total.